The molecule has 0 nitrogen and oxygen atoms in total. The summed E-state index contributed by atoms with van der Waals surface area (Å²) in [6.07, 6.45) is 23.0. The van der Waals surface area contributed by atoms with Crippen molar-refractivity contribution in [2.24, 2.45) is 35.5 Å². The third-order valence-electron chi connectivity index (χ3n) is 7.36. The van der Waals surface area contributed by atoms with E-state index in [1.54, 1.807) is 57.8 Å². The first-order valence-corrected chi connectivity index (χ1v) is 11.3. The van der Waals surface area contributed by atoms with E-state index < -0.39 is 0 Å². The Kier molecular flexibility index (Phi) is 6.90. The molecule has 0 heteroatoms. The predicted molar refractivity (Wildman–Crippen MR) is 102 cm³/mol. The number of rotatable bonds is 14. The molecule has 3 fully saturated rings. The van der Waals surface area contributed by atoms with Gasteiger partial charge in [0, 0.05) is 0 Å². The molecule has 6 atom stereocenters. The van der Waals surface area contributed by atoms with Crippen molar-refractivity contribution >= 4 is 0 Å². The van der Waals surface area contributed by atoms with E-state index in [4.69, 9.17) is 0 Å². The molecule has 3 aliphatic rings. The molecule has 0 aromatic heterocycles. The van der Waals surface area contributed by atoms with Crippen molar-refractivity contribution in [2.75, 3.05) is 0 Å². The van der Waals surface area contributed by atoms with Crippen molar-refractivity contribution in [3.05, 3.63) is 0 Å². The molecule has 0 aromatic carbocycles. The lowest BCUT2D eigenvalue weighted by Gasteiger charge is -2.02. The zero-order valence-corrected chi connectivity index (χ0v) is 16.1. The molecule has 3 saturated carbocycles. The van der Waals surface area contributed by atoms with Gasteiger partial charge in [0.15, 0.2) is 0 Å². The fourth-order valence-electron chi connectivity index (χ4n) is 5.27. The number of hydrogen-bond donors (Lipinski definition) is 0. The van der Waals surface area contributed by atoms with Gasteiger partial charge in [-0.3, -0.25) is 0 Å². The summed E-state index contributed by atoms with van der Waals surface area (Å²) in [5.74, 6) is 6.88. The van der Waals surface area contributed by atoms with Gasteiger partial charge >= 0.3 is 0 Å². The zero-order chi connectivity index (χ0) is 16.1. The van der Waals surface area contributed by atoms with E-state index in [0.29, 0.717) is 0 Å². The van der Waals surface area contributed by atoms with Crippen molar-refractivity contribution in [1.29, 1.82) is 0 Å². The van der Waals surface area contributed by atoms with Crippen LogP contribution < -0.4 is 0 Å². The summed E-state index contributed by atoms with van der Waals surface area (Å²) >= 11 is 0. The average Bonchev–Trinajstić information content (AvgIpc) is 3.43. The van der Waals surface area contributed by atoms with E-state index in [1.807, 2.05) is 0 Å². The highest BCUT2D eigenvalue weighted by atomic mass is 14.4. The van der Waals surface area contributed by atoms with Crippen LogP contribution in [0.15, 0.2) is 0 Å². The maximum absolute atomic E-state index is 2.33. The van der Waals surface area contributed by atoms with Crippen LogP contribution in [0.5, 0.6) is 0 Å². The van der Waals surface area contributed by atoms with Crippen molar-refractivity contribution in [2.45, 2.75) is 110 Å². The van der Waals surface area contributed by atoms with Gasteiger partial charge in [-0.05, 0) is 54.8 Å². The van der Waals surface area contributed by atoms with Crippen LogP contribution in [0, 0.1) is 35.5 Å². The van der Waals surface area contributed by atoms with E-state index in [1.165, 1.54) is 38.5 Å². The van der Waals surface area contributed by atoms with Crippen LogP contribution >= 0.6 is 0 Å². The third-order valence-corrected chi connectivity index (χ3v) is 7.36. The number of hydrogen-bond acceptors (Lipinski definition) is 0. The highest BCUT2D eigenvalue weighted by Crippen LogP contribution is 2.50. The quantitative estimate of drug-likeness (QED) is 0.309. The Hall–Kier alpha value is 0. The Bertz CT molecular complexity index is 301. The Morgan fingerprint density at radius 1 is 0.435 bits per heavy atom. The third kappa shape index (κ3) is 6.09. The molecular formula is C23H42. The van der Waals surface area contributed by atoms with E-state index >= 15 is 0 Å². The zero-order valence-electron chi connectivity index (χ0n) is 16.1. The molecule has 134 valence electrons. The normalized spacial score (nSPS) is 37.8. The first-order chi connectivity index (χ1) is 11.3. The van der Waals surface area contributed by atoms with Crippen LogP contribution in [0.3, 0.4) is 0 Å². The van der Waals surface area contributed by atoms with E-state index in [9.17, 15) is 0 Å². The molecule has 0 aromatic rings. The summed E-state index contributed by atoms with van der Waals surface area (Å²) in [4.78, 5) is 0. The summed E-state index contributed by atoms with van der Waals surface area (Å²) in [7, 11) is 0. The minimum absolute atomic E-state index is 1.14. The molecule has 6 unspecified atom stereocenters. The van der Waals surface area contributed by atoms with Gasteiger partial charge in [0.05, 0.1) is 0 Å². The van der Waals surface area contributed by atoms with Crippen LogP contribution in [0.2, 0.25) is 0 Å². The molecule has 0 heterocycles. The van der Waals surface area contributed by atoms with Crippen molar-refractivity contribution in [3.8, 4) is 0 Å². The SMILES string of the molecule is CCCCC1CC1CCCC1CC1CCCC1CC1CCCC. The molecular weight excluding hydrogens is 276 g/mol. The molecule has 0 bridgehead atoms. The summed E-state index contributed by atoms with van der Waals surface area (Å²) in [5, 5.41) is 0. The lowest BCUT2D eigenvalue weighted by Crippen LogP contribution is -1.89. The molecule has 0 N–H and O–H groups in total. The van der Waals surface area contributed by atoms with Crippen LogP contribution in [0.1, 0.15) is 110 Å². The van der Waals surface area contributed by atoms with Gasteiger partial charge in [-0.1, -0.05) is 90.9 Å². The van der Waals surface area contributed by atoms with Gasteiger partial charge in [0.25, 0.3) is 0 Å². The first kappa shape index (κ1) is 17.8. The fourth-order valence-corrected chi connectivity index (χ4v) is 5.27. The Morgan fingerprint density at radius 2 is 0.696 bits per heavy atom. The molecule has 3 rings (SSSR count). The number of unbranched alkanes of at least 4 members (excludes halogenated alkanes) is 2. The molecule has 0 spiro atoms. The van der Waals surface area contributed by atoms with Gasteiger partial charge in [0.1, 0.15) is 0 Å². The average molecular weight is 319 g/mol. The molecule has 0 saturated heterocycles. The van der Waals surface area contributed by atoms with Crippen LogP contribution in [-0.2, 0) is 0 Å². The highest BCUT2D eigenvalue weighted by molar-refractivity contribution is 4.90. The largest absolute Gasteiger partial charge is 0.0654 e. The topological polar surface area (TPSA) is 0 Å². The van der Waals surface area contributed by atoms with Crippen LogP contribution in [0.25, 0.3) is 0 Å². The maximum atomic E-state index is 2.33. The Labute approximate surface area is 146 Å². The van der Waals surface area contributed by atoms with Gasteiger partial charge in [-0.2, -0.15) is 0 Å². The fraction of sp³-hybridized carbons (Fsp3) is 1.00. The summed E-state index contributed by atoms with van der Waals surface area (Å²) in [6, 6.07) is 0. The molecule has 0 amide bonds. The van der Waals surface area contributed by atoms with Gasteiger partial charge in [0.2, 0.25) is 0 Å². The lowest BCUT2D eigenvalue weighted by molar-refractivity contribution is 0.496. The Balaban J connectivity index is 1.11. The predicted octanol–water partition coefficient (Wildman–Crippen LogP) is 7.62. The summed E-state index contributed by atoms with van der Waals surface area (Å²) in [6.45, 7) is 4.67. The van der Waals surface area contributed by atoms with Crippen molar-refractivity contribution in [3.63, 3.8) is 0 Å². The second-order valence-electron chi connectivity index (χ2n) is 9.41. The molecule has 3 aliphatic carbocycles. The van der Waals surface area contributed by atoms with E-state index in [0.717, 1.165) is 35.5 Å². The molecule has 0 radical (unpaired) electrons. The van der Waals surface area contributed by atoms with E-state index in [2.05, 4.69) is 13.8 Å². The minimum atomic E-state index is 1.14. The summed E-state index contributed by atoms with van der Waals surface area (Å²) < 4.78 is 0. The Morgan fingerprint density at radius 3 is 0.957 bits per heavy atom. The standard InChI is InChI=1S/C23H42/c1-3-5-9-18-15-20(18)11-7-13-22-17-23(22)14-8-12-21-16-19(21)10-6-4-2/h18-23H,3-17H2,1-2H3. The molecule has 0 aliphatic heterocycles. The smallest absolute Gasteiger partial charge is 0.0383 e. The van der Waals surface area contributed by atoms with Gasteiger partial charge in [-0.25, -0.2) is 0 Å². The maximum Gasteiger partial charge on any atom is -0.0383 e. The monoisotopic (exact) mass is 318 g/mol. The second kappa shape index (κ2) is 8.91. The molecule has 23 heavy (non-hydrogen) atoms. The second-order valence-corrected chi connectivity index (χ2v) is 9.41. The van der Waals surface area contributed by atoms with Crippen LogP contribution in [-0.4, -0.2) is 0 Å². The highest BCUT2D eigenvalue weighted by Gasteiger charge is 2.39. The van der Waals surface area contributed by atoms with E-state index in [-0.39, 0.29) is 0 Å². The van der Waals surface area contributed by atoms with Gasteiger partial charge in [-0.15, -0.1) is 0 Å². The lowest BCUT2D eigenvalue weighted by atomic mass is 10.0. The van der Waals surface area contributed by atoms with Gasteiger partial charge < -0.3 is 0 Å². The first-order valence-electron chi connectivity index (χ1n) is 11.3. The minimum Gasteiger partial charge on any atom is -0.0654 e. The van der Waals surface area contributed by atoms with Crippen molar-refractivity contribution < 1.29 is 0 Å². The summed E-state index contributed by atoms with van der Waals surface area (Å²) in [5.41, 5.74) is 0. The van der Waals surface area contributed by atoms with Crippen molar-refractivity contribution in [1.82, 2.24) is 0 Å². The van der Waals surface area contributed by atoms with Crippen LogP contribution in [0.4, 0.5) is 0 Å².